The maximum Gasteiger partial charge on any atom is 0.416 e. The number of carbonyl (C=O) groups excluding carboxylic acids is 3. The minimum Gasteiger partial charge on any atom is -0.352 e. The van der Waals surface area contributed by atoms with Crippen LogP contribution in [0.2, 0.25) is 0 Å². The minimum atomic E-state index is -4.53. The number of nitrogens with zero attached hydrogens (tertiary/aromatic N) is 2. The van der Waals surface area contributed by atoms with Crippen LogP contribution in [0.5, 0.6) is 0 Å². The highest BCUT2D eigenvalue weighted by Gasteiger charge is 2.36. The molecule has 35 heavy (non-hydrogen) atoms. The molecule has 2 N–H and O–H groups in total. The Morgan fingerprint density at radius 2 is 1.77 bits per heavy atom. The number of anilines is 2. The molecule has 1 saturated heterocycles. The lowest BCUT2D eigenvalue weighted by atomic mass is 10.1. The van der Waals surface area contributed by atoms with Crippen LogP contribution in [0.1, 0.15) is 27.9 Å². The van der Waals surface area contributed by atoms with Crippen molar-refractivity contribution in [3.05, 3.63) is 89.7 Å². The number of aromatic nitrogens is 1. The largest absolute Gasteiger partial charge is 0.416 e. The van der Waals surface area contributed by atoms with Gasteiger partial charge < -0.3 is 15.5 Å². The van der Waals surface area contributed by atoms with Crippen LogP contribution in [0.15, 0.2) is 73.1 Å². The second kappa shape index (κ2) is 9.96. The molecule has 1 unspecified atom stereocenters. The highest BCUT2D eigenvalue weighted by atomic mass is 19.4. The summed E-state index contributed by atoms with van der Waals surface area (Å²) in [6.45, 7) is 0.153. The summed E-state index contributed by atoms with van der Waals surface area (Å²) in [7, 11) is 0. The number of hydrogen-bond donors (Lipinski definition) is 2. The summed E-state index contributed by atoms with van der Waals surface area (Å²) in [4.78, 5) is 42.5. The quantitative estimate of drug-likeness (QED) is 0.555. The molecule has 0 saturated carbocycles. The average molecular weight is 482 g/mol. The van der Waals surface area contributed by atoms with Crippen molar-refractivity contribution in [3.8, 4) is 0 Å². The van der Waals surface area contributed by atoms with E-state index < -0.39 is 23.6 Å². The van der Waals surface area contributed by atoms with Crippen LogP contribution in [0.25, 0.3) is 0 Å². The van der Waals surface area contributed by atoms with Crippen LogP contribution >= 0.6 is 0 Å². The maximum absolute atomic E-state index is 13.0. The van der Waals surface area contributed by atoms with E-state index in [9.17, 15) is 27.6 Å². The highest BCUT2D eigenvalue weighted by Crippen LogP contribution is 2.33. The number of nitrogens with one attached hydrogen (secondary N) is 2. The Bertz CT molecular complexity index is 1250. The standard InChI is InChI=1S/C25H21F3N4O3/c26-25(27,28)19-4-2-6-21(13-19)32-15-18(12-22(32)33)23(34)30-14-16-3-1-5-20(11-16)31-24(35)17-7-9-29-10-8-17/h1-11,13,18H,12,14-15H2,(H,30,34)(H,31,35). The fourth-order valence-electron chi connectivity index (χ4n) is 3.78. The monoisotopic (exact) mass is 482 g/mol. The van der Waals surface area contributed by atoms with Gasteiger partial charge in [-0.3, -0.25) is 19.4 Å². The Morgan fingerprint density at radius 3 is 2.51 bits per heavy atom. The first-order valence-electron chi connectivity index (χ1n) is 10.8. The van der Waals surface area contributed by atoms with Gasteiger partial charge in [0.15, 0.2) is 0 Å². The highest BCUT2D eigenvalue weighted by molar-refractivity contribution is 6.04. The summed E-state index contributed by atoms with van der Waals surface area (Å²) >= 11 is 0. The summed E-state index contributed by atoms with van der Waals surface area (Å²) in [6.07, 6.45) is -1.59. The van der Waals surface area contributed by atoms with Gasteiger partial charge in [-0.1, -0.05) is 18.2 Å². The maximum atomic E-state index is 13.0. The lowest BCUT2D eigenvalue weighted by molar-refractivity contribution is -0.137. The molecular weight excluding hydrogens is 461 g/mol. The van der Waals surface area contributed by atoms with E-state index in [1.165, 1.54) is 29.4 Å². The topological polar surface area (TPSA) is 91.4 Å². The van der Waals surface area contributed by atoms with Crippen molar-refractivity contribution >= 4 is 29.1 Å². The van der Waals surface area contributed by atoms with Gasteiger partial charge >= 0.3 is 6.18 Å². The van der Waals surface area contributed by atoms with Gasteiger partial charge in [-0.2, -0.15) is 13.2 Å². The summed E-state index contributed by atoms with van der Waals surface area (Å²) in [5.74, 6) is -1.77. The molecule has 1 atom stereocenters. The number of amides is 3. The third-order valence-electron chi connectivity index (χ3n) is 5.58. The molecule has 2 heterocycles. The van der Waals surface area contributed by atoms with Gasteiger partial charge in [0.25, 0.3) is 5.91 Å². The molecule has 3 amide bonds. The first-order valence-corrected chi connectivity index (χ1v) is 10.8. The van der Waals surface area contributed by atoms with Crippen LogP contribution in [0.3, 0.4) is 0 Å². The van der Waals surface area contributed by atoms with E-state index in [0.29, 0.717) is 11.3 Å². The van der Waals surface area contributed by atoms with E-state index in [1.54, 1.807) is 36.4 Å². The van der Waals surface area contributed by atoms with Crippen LogP contribution < -0.4 is 15.5 Å². The van der Waals surface area contributed by atoms with Crippen molar-refractivity contribution in [1.82, 2.24) is 10.3 Å². The summed E-state index contributed by atoms with van der Waals surface area (Å²) in [5.41, 5.74) is 0.981. The average Bonchev–Trinajstić information content (AvgIpc) is 3.24. The third kappa shape index (κ3) is 5.84. The minimum absolute atomic E-state index is 0.00595. The van der Waals surface area contributed by atoms with E-state index in [-0.39, 0.29) is 37.0 Å². The van der Waals surface area contributed by atoms with Crippen LogP contribution in [0, 0.1) is 5.92 Å². The number of hydrogen-bond acceptors (Lipinski definition) is 4. The summed E-state index contributed by atoms with van der Waals surface area (Å²) < 4.78 is 39.0. The second-order valence-corrected chi connectivity index (χ2v) is 8.06. The molecular formula is C25H21F3N4O3. The molecule has 0 bridgehead atoms. The molecule has 10 heteroatoms. The van der Waals surface area contributed by atoms with Crippen molar-refractivity contribution < 1.29 is 27.6 Å². The molecule has 0 spiro atoms. The second-order valence-electron chi connectivity index (χ2n) is 8.06. The number of rotatable bonds is 6. The lowest BCUT2D eigenvalue weighted by Gasteiger charge is -2.18. The molecule has 3 aromatic rings. The number of carbonyl (C=O) groups is 3. The van der Waals surface area contributed by atoms with E-state index in [0.717, 1.165) is 17.7 Å². The predicted octanol–water partition coefficient (Wildman–Crippen LogP) is 4.02. The number of alkyl halides is 3. The SMILES string of the molecule is O=C(Nc1cccc(CNC(=O)C2CC(=O)N(c3cccc(C(F)(F)F)c3)C2)c1)c1ccncc1. The van der Waals surface area contributed by atoms with E-state index in [4.69, 9.17) is 0 Å². The molecule has 1 fully saturated rings. The molecule has 0 radical (unpaired) electrons. The fraction of sp³-hybridized carbons (Fsp3) is 0.200. The van der Waals surface area contributed by atoms with Crippen molar-refractivity contribution in [1.29, 1.82) is 0 Å². The van der Waals surface area contributed by atoms with Gasteiger partial charge in [0.2, 0.25) is 11.8 Å². The Labute approximate surface area is 199 Å². The lowest BCUT2D eigenvalue weighted by Crippen LogP contribution is -2.32. The number of halogens is 3. The normalized spacial score (nSPS) is 15.7. The van der Waals surface area contributed by atoms with Crippen LogP contribution in [-0.4, -0.2) is 29.3 Å². The molecule has 0 aliphatic carbocycles. The van der Waals surface area contributed by atoms with Gasteiger partial charge in [-0.05, 0) is 48.0 Å². The zero-order valence-corrected chi connectivity index (χ0v) is 18.4. The third-order valence-corrected chi connectivity index (χ3v) is 5.58. The van der Waals surface area contributed by atoms with Crippen molar-refractivity contribution in [3.63, 3.8) is 0 Å². The van der Waals surface area contributed by atoms with E-state index in [1.807, 2.05) is 0 Å². The molecule has 2 aromatic carbocycles. The fourth-order valence-corrected chi connectivity index (χ4v) is 3.78. The van der Waals surface area contributed by atoms with Gasteiger partial charge in [0.1, 0.15) is 0 Å². The number of benzene rings is 2. The van der Waals surface area contributed by atoms with Gasteiger partial charge in [0, 0.05) is 48.8 Å². The predicted molar refractivity (Wildman–Crippen MR) is 122 cm³/mol. The van der Waals surface area contributed by atoms with Gasteiger partial charge in [0.05, 0.1) is 11.5 Å². The zero-order chi connectivity index (χ0) is 25.0. The Balaban J connectivity index is 1.35. The van der Waals surface area contributed by atoms with Crippen molar-refractivity contribution in [2.45, 2.75) is 19.1 Å². The molecule has 1 aliphatic rings. The Hall–Kier alpha value is -4.21. The smallest absolute Gasteiger partial charge is 0.352 e. The van der Waals surface area contributed by atoms with Crippen molar-refractivity contribution in [2.24, 2.45) is 5.92 Å². The van der Waals surface area contributed by atoms with E-state index >= 15 is 0 Å². The van der Waals surface area contributed by atoms with Gasteiger partial charge in [-0.15, -0.1) is 0 Å². The first-order chi connectivity index (χ1) is 16.7. The summed E-state index contributed by atoms with van der Waals surface area (Å²) in [6, 6.07) is 14.6. The van der Waals surface area contributed by atoms with Crippen LogP contribution in [-0.2, 0) is 22.3 Å². The van der Waals surface area contributed by atoms with Crippen LogP contribution in [0.4, 0.5) is 24.5 Å². The molecule has 1 aromatic heterocycles. The Morgan fingerprint density at radius 1 is 1.03 bits per heavy atom. The first kappa shape index (κ1) is 23.9. The molecule has 180 valence electrons. The van der Waals surface area contributed by atoms with E-state index in [2.05, 4.69) is 15.6 Å². The molecule has 4 rings (SSSR count). The number of pyridine rings is 1. The summed E-state index contributed by atoms with van der Waals surface area (Å²) in [5, 5.41) is 5.54. The zero-order valence-electron chi connectivity index (χ0n) is 18.4. The van der Waals surface area contributed by atoms with Crippen molar-refractivity contribution in [2.75, 3.05) is 16.8 Å². The molecule has 7 nitrogen and oxygen atoms in total. The molecule has 1 aliphatic heterocycles. The Kier molecular flexibility index (Phi) is 6.81. The van der Waals surface area contributed by atoms with Gasteiger partial charge in [-0.25, -0.2) is 0 Å².